The molecular weight excluding hydrogens is 268 g/mol. The second kappa shape index (κ2) is 12.7. The second-order valence-corrected chi connectivity index (χ2v) is 5.83. The number of hydrogen-bond acceptors (Lipinski definition) is 3. The third kappa shape index (κ3) is 10.3. The van der Waals surface area contributed by atoms with Crippen molar-refractivity contribution in [3.8, 4) is 0 Å². The van der Waals surface area contributed by atoms with Crippen LogP contribution in [0.3, 0.4) is 0 Å². The van der Waals surface area contributed by atoms with E-state index >= 15 is 0 Å². The molecule has 0 saturated carbocycles. The van der Waals surface area contributed by atoms with Crippen molar-refractivity contribution in [3.05, 3.63) is 0 Å². The van der Waals surface area contributed by atoms with Gasteiger partial charge in [0.2, 0.25) is 6.10 Å². The van der Waals surface area contributed by atoms with Crippen LogP contribution in [0.1, 0.15) is 85.0 Å². The van der Waals surface area contributed by atoms with E-state index in [2.05, 4.69) is 6.92 Å². The average molecular weight is 300 g/mol. The van der Waals surface area contributed by atoms with Crippen molar-refractivity contribution in [1.82, 2.24) is 0 Å². The molecule has 0 aromatic heterocycles. The van der Waals surface area contributed by atoms with Crippen LogP contribution >= 0.6 is 0 Å². The number of unbranched alkanes of at least 4 members (excludes halogenated alkanes) is 6. The summed E-state index contributed by atoms with van der Waals surface area (Å²) in [5.41, 5.74) is 0. The van der Waals surface area contributed by atoms with E-state index in [1.165, 1.54) is 39.0 Å². The Morgan fingerprint density at radius 2 is 1.48 bits per heavy atom. The lowest BCUT2D eigenvalue weighted by Gasteiger charge is -2.23. The minimum atomic E-state index is -1.02. The first-order valence-corrected chi connectivity index (χ1v) is 8.42. The van der Waals surface area contributed by atoms with Gasteiger partial charge in [-0.25, -0.2) is 4.79 Å². The van der Waals surface area contributed by atoms with Gasteiger partial charge in [-0.2, -0.15) is 0 Å². The summed E-state index contributed by atoms with van der Waals surface area (Å²) in [5.74, 6) is -1.60. The van der Waals surface area contributed by atoms with E-state index < -0.39 is 18.0 Å². The van der Waals surface area contributed by atoms with Crippen molar-refractivity contribution in [2.75, 3.05) is 0 Å². The minimum absolute atomic E-state index is 0.0629. The Labute approximate surface area is 129 Å². The number of rotatable bonds is 13. The van der Waals surface area contributed by atoms with Gasteiger partial charge >= 0.3 is 11.9 Å². The molecule has 0 aromatic carbocycles. The highest BCUT2D eigenvalue weighted by Crippen LogP contribution is 2.23. The Hall–Kier alpha value is -1.06. The summed E-state index contributed by atoms with van der Waals surface area (Å²) < 4.78 is 5.00. The molecule has 4 heteroatoms. The third-order valence-electron chi connectivity index (χ3n) is 3.80. The molecular formula is C17H32O4. The van der Waals surface area contributed by atoms with E-state index in [9.17, 15) is 14.7 Å². The molecule has 0 aliphatic rings. The first-order chi connectivity index (χ1) is 10.0. The van der Waals surface area contributed by atoms with Gasteiger partial charge in [0, 0.05) is 12.8 Å². The van der Waals surface area contributed by atoms with Gasteiger partial charge in [0.1, 0.15) is 0 Å². The number of ether oxygens (including phenoxy) is 1. The largest absolute Gasteiger partial charge is 0.478 e. The average Bonchev–Trinajstić information content (AvgIpc) is 2.42. The first-order valence-electron chi connectivity index (χ1n) is 8.42. The van der Waals surface area contributed by atoms with Crippen LogP contribution in [0, 0.1) is 5.92 Å². The Bertz CT molecular complexity index is 289. The zero-order valence-electron chi connectivity index (χ0n) is 13.9. The quantitative estimate of drug-likeness (QED) is 0.400. The van der Waals surface area contributed by atoms with Crippen LogP contribution in [0.2, 0.25) is 0 Å². The molecule has 2 atom stereocenters. The molecule has 0 amide bonds. The lowest BCUT2D eigenvalue weighted by Crippen LogP contribution is -2.34. The molecule has 4 nitrogen and oxygen atoms in total. The summed E-state index contributed by atoms with van der Waals surface area (Å²) in [6.07, 6.45) is 10.0. The van der Waals surface area contributed by atoms with Crippen molar-refractivity contribution in [1.29, 1.82) is 0 Å². The Morgan fingerprint density at radius 3 is 1.95 bits per heavy atom. The van der Waals surface area contributed by atoms with Gasteiger partial charge in [-0.3, -0.25) is 4.79 Å². The molecule has 0 fully saturated rings. The van der Waals surface area contributed by atoms with Crippen molar-refractivity contribution >= 4 is 11.9 Å². The number of carboxylic acid groups (broad SMARTS) is 1. The summed E-state index contributed by atoms with van der Waals surface area (Å²) in [6, 6.07) is 0. The third-order valence-corrected chi connectivity index (χ3v) is 3.80. The van der Waals surface area contributed by atoms with E-state index in [0.717, 1.165) is 32.1 Å². The highest BCUT2D eigenvalue weighted by atomic mass is 16.6. The van der Waals surface area contributed by atoms with Crippen LogP contribution in [-0.2, 0) is 14.3 Å². The highest BCUT2D eigenvalue weighted by molar-refractivity contribution is 5.77. The molecule has 1 N–H and O–H groups in total. The van der Waals surface area contributed by atoms with Crippen molar-refractivity contribution in [3.63, 3.8) is 0 Å². The fourth-order valence-corrected chi connectivity index (χ4v) is 2.71. The molecule has 124 valence electrons. The van der Waals surface area contributed by atoms with E-state index in [-0.39, 0.29) is 5.92 Å². The van der Waals surface area contributed by atoms with E-state index in [1.54, 1.807) is 0 Å². The Kier molecular flexibility index (Phi) is 12.0. The molecule has 0 saturated heterocycles. The van der Waals surface area contributed by atoms with Gasteiger partial charge in [0.05, 0.1) is 0 Å². The SMILES string of the molecule is CCCCCCCCCC(CCC)C(OC(C)=O)C(=O)O. The standard InChI is InChI=1S/C17H32O4/c1-4-6-7-8-9-10-11-13-15(12-5-2)16(17(19)20)21-14(3)18/h15-16H,4-13H2,1-3H3,(H,19,20). The van der Waals surface area contributed by atoms with Crippen LogP contribution in [0.5, 0.6) is 0 Å². The first kappa shape index (κ1) is 19.9. The zero-order chi connectivity index (χ0) is 16.1. The highest BCUT2D eigenvalue weighted by Gasteiger charge is 2.29. The predicted molar refractivity (Wildman–Crippen MR) is 84.2 cm³/mol. The van der Waals surface area contributed by atoms with Gasteiger partial charge in [-0.05, 0) is 12.8 Å². The predicted octanol–water partition coefficient (Wildman–Crippen LogP) is 4.56. The summed E-state index contributed by atoms with van der Waals surface area (Å²) in [4.78, 5) is 22.3. The fourth-order valence-electron chi connectivity index (χ4n) is 2.71. The summed E-state index contributed by atoms with van der Waals surface area (Å²) in [7, 11) is 0. The van der Waals surface area contributed by atoms with Crippen molar-refractivity contribution < 1.29 is 19.4 Å². The molecule has 21 heavy (non-hydrogen) atoms. The maximum atomic E-state index is 11.3. The van der Waals surface area contributed by atoms with Crippen LogP contribution < -0.4 is 0 Å². The number of aliphatic carboxylic acids is 1. The lowest BCUT2D eigenvalue weighted by atomic mass is 9.90. The molecule has 0 radical (unpaired) electrons. The number of carboxylic acids is 1. The fraction of sp³-hybridized carbons (Fsp3) is 0.882. The van der Waals surface area contributed by atoms with Crippen LogP contribution in [0.15, 0.2) is 0 Å². The van der Waals surface area contributed by atoms with Gasteiger partial charge < -0.3 is 9.84 Å². The molecule has 2 unspecified atom stereocenters. The number of esters is 1. The molecule has 0 heterocycles. The van der Waals surface area contributed by atoms with Crippen molar-refractivity contribution in [2.45, 2.75) is 91.1 Å². The molecule has 0 spiro atoms. The summed E-state index contributed by atoms with van der Waals surface area (Å²) in [5, 5.41) is 9.24. The van der Waals surface area contributed by atoms with Crippen LogP contribution in [0.25, 0.3) is 0 Å². The van der Waals surface area contributed by atoms with Gasteiger partial charge in [-0.15, -0.1) is 0 Å². The Morgan fingerprint density at radius 1 is 0.905 bits per heavy atom. The zero-order valence-corrected chi connectivity index (χ0v) is 13.9. The number of hydrogen-bond donors (Lipinski definition) is 1. The minimum Gasteiger partial charge on any atom is -0.478 e. The van der Waals surface area contributed by atoms with E-state index in [4.69, 9.17) is 4.74 Å². The smallest absolute Gasteiger partial charge is 0.345 e. The normalized spacial score (nSPS) is 13.7. The topological polar surface area (TPSA) is 63.6 Å². The maximum absolute atomic E-state index is 11.3. The maximum Gasteiger partial charge on any atom is 0.345 e. The monoisotopic (exact) mass is 300 g/mol. The molecule has 0 aromatic rings. The van der Waals surface area contributed by atoms with Crippen molar-refractivity contribution in [2.24, 2.45) is 5.92 Å². The lowest BCUT2D eigenvalue weighted by molar-refractivity contribution is -0.166. The van der Waals surface area contributed by atoms with Gasteiger partial charge in [-0.1, -0.05) is 65.2 Å². The molecule has 0 aliphatic carbocycles. The van der Waals surface area contributed by atoms with Crippen LogP contribution in [-0.4, -0.2) is 23.1 Å². The van der Waals surface area contributed by atoms with Gasteiger partial charge in [0.25, 0.3) is 0 Å². The van der Waals surface area contributed by atoms with E-state index in [1.807, 2.05) is 6.92 Å². The number of carbonyl (C=O) groups is 2. The Balaban J connectivity index is 4.14. The molecule has 0 aliphatic heterocycles. The molecule has 0 bridgehead atoms. The summed E-state index contributed by atoms with van der Waals surface area (Å²) in [6.45, 7) is 5.51. The molecule has 0 rings (SSSR count). The van der Waals surface area contributed by atoms with E-state index in [0.29, 0.717) is 0 Å². The van der Waals surface area contributed by atoms with Gasteiger partial charge in [0.15, 0.2) is 0 Å². The summed E-state index contributed by atoms with van der Waals surface area (Å²) >= 11 is 0. The number of carbonyl (C=O) groups excluding carboxylic acids is 1. The second-order valence-electron chi connectivity index (χ2n) is 5.83. The van der Waals surface area contributed by atoms with Crippen LogP contribution in [0.4, 0.5) is 0 Å².